The molecule has 2 atom stereocenters. The minimum Gasteiger partial charge on any atom is -0.480 e. The van der Waals surface area contributed by atoms with Gasteiger partial charge in [-0.05, 0) is 64.2 Å². The number of ether oxygens (including phenoxy) is 1. The minimum atomic E-state index is -1.39. The maximum Gasteiger partial charge on any atom is 0.328 e. The highest BCUT2D eigenvalue weighted by molar-refractivity contribution is 5.87. The standard InChI is InChI=1S/C38H70N2O7/c1-3-5-7-9-10-11-12-13-14-15-16-17-18-19-20-21-26-30-37(44)47-33(27-23-8-6-4-2)28-24-22-25-29-35(42)39-31-36(43)40-34(32-41)38(45)46/h13-14,33-34,41H,3-12,15-32H2,1-2H3,(H,39,42)(H,40,43)(H,45,46)/b14-13-. The van der Waals surface area contributed by atoms with Gasteiger partial charge in [-0.15, -0.1) is 0 Å². The molecule has 0 rings (SSSR count). The molecule has 0 radical (unpaired) electrons. The van der Waals surface area contributed by atoms with E-state index in [-0.39, 0.29) is 30.9 Å². The van der Waals surface area contributed by atoms with Crippen LogP contribution >= 0.6 is 0 Å². The summed E-state index contributed by atoms with van der Waals surface area (Å²) in [6.45, 7) is 3.38. The van der Waals surface area contributed by atoms with Crippen LogP contribution in [0.1, 0.15) is 181 Å². The van der Waals surface area contributed by atoms with Crippen LogP contribution in [0, 0.1) is 0 Å². The topological polar surface area (TPSA) is 142 Å². The van der Waals surface area contributed by atoms with E-state index >= 15 is 0 Å². The van der Waals surface area contributed by atoms with Gasteiger partial charge in [0.2, 0.25) is 11.8 Å². The molecule has 0 aromatic heterocycles. The number of rotatable bonds is 34. The number of hydrogen-bond acceptors (Lipinski definition) is 6. The molecule has 0 bridgehead atoms. The van der Waals surface area contributed by atoms with Crippen molar-refractivity contribution in [2.45, 2.75) is 193 Å². The first-order chi connectivity index (χ1) is 22.8. The van der Waals surface area contributed by atoms with Gasteiger partial charge in [0.05, 0.1) is 13.2 Å². The summed E-state index contributed by atoms with van der Waals surface area (Å²) in [5.74, 6) is -2.39. The van der Waals surface area contributed by atoms with Gasteiger partial charge in [0, 0.05) is 12.8 Å². The number of nitrogens with one attached hydrogen (secondary N) is 2. The first-order valence-electron chi connectivity index (χ1n) is 19.1. The zero-order chi connectivity index (χ0) is 34.8. The number of hydrogen-bond donors (Lipinski definition) is 4. The number of allylic oxidation sites excluding steroid dienone is 2. The van der Waals surface area contributed by atoms with Crippen molar-refractivity contribution in [3.05, 3.63) is 12.2 Å². The van der Waals surface area contributed by atoms with Crippen LogP contribution in [0.15, 0.2) is 12.2 Å². The molecule has 0 spiro atoms. The number of esters is 1. The Morgan fingerprint density at radius 3 is 1.62 bits per heavy atom. The van der Waals surface area contributed by atoms with E-state index < -0.39 is 24.5 Å². The minimum absolute atomic E-state index is 0.0783. The lowest BCUT2D eigenvalue weighted by Crippen LogP contribution is -2.47. The van der Waals surface area contributed by atoms with E-state index in [1.807, 2.05) is 0 Å². The molecule has 0 aliphatic rings. The summed E-state index contributed by atoms with van der Waals surface area (Å²) in [6.07, 6.45) is 32.6. The Kier molecular flexibility index (Phi) is 31.8. The molecule has 0 aromatic rings. The summed E-state index contributed by atoms with van der Waals surface area (Å²) in [5, 5.41) is 22.5. The van der Waals surface area contributed by atoms with Gasteiger partial charge < -0.3 is 25.6 Å². The quantitative estimate of drug-likeness (QED) is 0.0307. The molecule has 0 heterocycles. The van der Waals surface area contributed by atoms with Crippen molar-refractivity contribution in [2.75, 3.05) is 13.2 Å². The number of carbonyl (C=O) groups is 4. The van der Waals surface area contributed by atoms with E-state index in [4.69, 9.17) is 14.9 Å². The van der Waals surface area contributed by atoms with Crippen LogP contribution < -0.4 is 10.6 Å². The smallest absolute Gasteiger partial charge is 0.328 e. The molecule has 0 fully saturated rings. The van der Waals surface area contributed by atoms with Gasteiger partial charge in [0.25, 0.3) is 0 Å². The molecule has 0 aliphatic carbocycles. The Bertz CT molecular complexity index is 818. The second-order valence-corrected chi connectivity index (χ2v) is 13.0. The normalized spacial score (nSPS) is 12.6. The largest absolute Gasteiger partial charge is 0.480 e. The predicted molar refractivity (Wildman–Crippen MR) is 190 cm³/mol. The molecular weight excluding hydrogens is 596 g/mol. The van der Waals surface area contributed by atoms with Crippen molar-refractivity contribution in [1.82, 2.24) is 10.6 Å². The third kappa shape index (κ3) is 30.7. The van der Waals surface area contributed by atoms with Gasteiger partial charge >= 0.3 is 11.9 Å². The number of carboxylic acid groups (broad SMARTS) is 1. The van der Waals surface area contributed by atoms with Gasteiger partial charge in [-0.2, -0.15) is 0 Å². The fourth-order valence-corrected chi connectivity index (χ4v) is 5.53. The molecule has 274 valence electrons. The van der Waals surface area contributed by atoms with Crippen molar-refractivity contribution < 1.29 is 34.1 Å². The molecule has 4 N–H and O–H groups in total. The number of unbranched alkanes of at least 4 members (excludes halogenated alkanes) is 18. The van der Waals surface area contributed by atoms with Crippen LogP contribution in [0.4, 0.5) is 0 Å². The molecule has 0 saturated carbocycles. The van der Waals surface area contributed by atoms with Crippen LogP contribution in [0.3, 0.4) is 0 Å². The van der Waals surface area contributed by atoms with Gasteiger partial charge in [0.1, 0.15) is 12.1 Å². The lowest BCUT2D eigenvalue weighted by molar-refractivity contribution is -0.150. The molecule has 0 saturated heterocycles. The van der Waals surface area contributed by atoms with Crippen molar-refractivity contribution in [3.8, 4) is 0 Å². The molecule has 9 nitrogen and oxygen atoms in total. The first-order valence-corrected chi connectivity index (χ1v) is 19.1. The summed E-state index contributed by atoms with van der Waals surface area (Å²) >= 11 is 0. The Labute approximate surface area is 286 Å². The molecular formula is C38H70N2O7. The van der Waals surface area contributed by atoms with E-state index in [1.165, 1.54) is 89.9 Å². The highest BCUT2D eigenvalue weighted by atomic mass is 16.5. The van der Waals surface area contributed by atoms with Crippen molar-refractivity contribution in [1.29, 1.82) is 0 Å². The summed E-state index contributed by atoms with van der Waals surface area (Å²) in [7, 11) is 0. The Hall–Kier alpha value is -2.42. The number of carboxylic acids is 1. The van der Waals surface area contributed by atoms with Crippen LogP contribution in [0.5, 0.6) is 0 Å². The lowest BCUT2D eigenvalue weighted by Gasteiger charge is -2.18. The summed E-state index contributed by atoms with van der Waals surface area (Å²) in [6, 6.07) is -1.39. The first kappa shape index (κ1) is 44.6. The lowest BCUT2D eigenvalue weighted by atomic mass is 10.0. The summed E-state index contributed by atoms with van der Waals surface area (Å²) < 4.78 is 5.88. The van der Waals surface area contributed by atoms with E-state index in [1.54, 1.807) is 0 Å². The molecule has 2 unspecified atom stereocenters. The predicted octanol–water partition coefficient (Wildman–Crippen LogP) is 8.31. The van der Waals surface area contributed by atoms with Gasteiger partial charge in [-0.1, -0.05) is 116 Å². The molecule has 9 heteroatoms. The van der Waals surface area contributed by atoms with Crippen LogP contribution in [-0.2, 0) is 23.9 Å². The average molecular weight is 667 g/mol. The number of aliphatic carboxylic acids is 1. The van der Waals surface area contributed by atoms with E-state index in [9.17, 15) is 19.2 Å². The maximum atomic E-state index is 12.6. The third-order valence-electron chi connectivity index (χ3n) is 8.51. The molecule has 0 aliphatic heterocycles. The summed E-state index contributed by atoms with van der Waals surface area (Å²) in [4.78, 5) is 47.2. The second-order valence-electron chi connectivity index (χ2n) is 13.0. The van der Waals surface area contributed by atoms with Gasteiger partial charge in [-0.25, -0.2) is 4.79 Å². The fraction of sp³-hybridized carbons (Fsp3) is 0.842. The van der Waals surface area contributed by atoms with Crippen LogP contribution in [-0.4, -0.2) is 59.3 Å². The van der Waals surface area contributed by atoms with Crippen LogP contribution in [0.2, 0.25) is 0 Å². The number of carbonyl (C=O) groups excluding carboxylic acids is 3. The summed E-state index contributed by atoms with van der Waals surface area (Å²) in [5.41, 5.74) is 0. The highest BCUT2D eigenvalue weighted by Crippen LogP contribution is 2.18. The number of amides is 2. The fourth-order valence-electron chi connectivity index (χ4n) is 5.53. The Morgan fingerprint density at radius 2 is 1.09 bits per heavy atom. The molecule has 0 aromatic carbocycles. The van der Waals surface area contributed by atoms with Crippen molar-refractivity contribution in [2.24, 2.45) is 0 Å². The maximum absolute atomic E-state index is 12.6. The SMILES string of the molecule is CCCCCCCC/C=C\CCCCCCCCCC(=O)OC(CCCCCC)CCCCCC(=O)NCC(=O)NC(CO)C(=O)O. The zero-order valence-corrected chi connectivity index (χ0v) is 30.0. The van der Waals surface area contributed by atoms with Crippen molar-refractivity contribution >= 4 is 23.8 Å². The second kappa shape index (κ2) is 33.5. The van der Waals surface area contributed by atoms with E-state index in [0.717, 1.165) is 57.8 Å². The zero-order valence-electron chi connectivity index (χ0n) is 30.0. The highest BCUT2D eigenvalue weighted by Gasteiger charge is 2.19. The number of aliphatic hydroxyl groups is 1. The van der Waals surface area contributed by atoms with Crippen LogP contribution in [0.25, 0.3) is 0 Å². The Balaban J connectivity index is 4.01. The molecule has 47 heavy (non-hydrogen) atoms. The van der Waals surface area contributed by atoms with E-state index in [0.29, 0.717) is 12.8 Å². The third-order valence-corrected chi connectivity index (χ3v) is 8.51. The van der Waals surface area contributed by atoms with Gasteiger partial charge in [-0.3, -0.25) is 14.4 Å². The Morgan fingerprint density at radius 1 is 0.617 bits per heavy atom. The monoisotopic (exact) mass is 667 g/mol. The number of aliphatic hydroxyl groups excluding tert-OH is 1. The van der Waals surface area contributed by atoms with Gasteiger partial charge in [0.15, 0.2) is 0 Å². The average Bonchev–Trinajstić information content (AvgIpc) is 3.05. The molecule has 2 amide bonds. The van der Waals surface area contributed by atoms with Crippen molar-refractivity contribution in [3.63, 3.8) is 0 Å². The van der Waals surface area contributed by atoms with E-state index in [2.05, 4.69) is 36.6 Å².